The van der Waals surface area contributed by atoms with Crippen molar-refractivity contribution < 1.29 is 0 Å². The van der Waals surface area contributed by atoms with Crippen LogP contribution in [0.2, 0.25) is 0 Å². The molecule has 0 radical (unpaired) electrons. The fourth-order valence-corrected chi connectivity index (χ4v) is 10.9. The lowest BCUT2D eigenvalue weighted by Gasteiger charge is -2.26. The van der Waals surface area contributed by atoms with E-state index in [1.807, 2.05) is 36.4 Å². The number of para-hydroxylation sites is 2. The minimum atomic E-state index is 0.711. The van der Waals surface area contributed by atoms with E-state index in [0.717, 1.165) is 90.1 Å². The molecule has 13 rings (SSSR count). The summed E-state index contributed by atoms with van der Waals surface area (Å²) in [5.41, 5.74) is 23.2. The largest absolute Gasteiger partial charge is 0.310 e. The Labute approximate surface area is 456 Å². The predicted molar refractivity (Wildman–Crippen MR) is 327 cm³/mol. The zero-order chi connectivity index (χ0) is 52.5. The molecule has 0 unspecified atom stereocenters. The Morgan fingerprint density at radius 2 is 0.692 bits per heavy atom. The van der Waals surface area contributed by atoms with E-state index in [1.165, 1.54) is 38.6 Å². The van der Waals surface area contributed by atoms with Gasteiger partial charge in [-0.05, 0) is 152 Å². The minimum Gasteiger partial charge on any atom is -0.310 e. The van der Waals surface area contributed by atoms with Gasteiger partial charge in [-0.2, -0.15) is 0 Å². The van der Waals surface area contributed by atoms with Gasteiger partial charge in [0, 0.05) is 67.3 Å². The van der Waals surface area contributed by atoms with E-state index >= 15 is 0 Å². The highest BCUT2D eigenvalue weighted by Gasteiger charge is 2.21. The van der Waals surface area contributed by atoms with Crippen LogP contribution < -0.4 is 9.80 Å². The number of rotatable bonds is 12. The normalized spacial score (nSPS) is 11.3. The van der Waals surface area contributed by atoms with Crippen molar-refractivity contribution in [1.29, 1.82) is 0 Å². The fourth-order valence-electron chi connectivity index (χ4n) is 10.9. The zero-order valence-corrected chi connectivity index (χ0v) is 43.8. The molecular formula is C73H55N5. The number of aryl methyl sites for hydroxylation is 3. The van der Waals surface area contributed by atoms with Crippen molar-refractivity contribution in [2.24, 2.45) is 0 Å². The van der Waals surface area contributed by atoms with E-state index in [0.29, 0.717) is 5.82 Å². The third-order valence-corrected chi connectivity index (χ3v) is 14.9. The zero-order valence-electron chi connectivity index (χ0n) is 43.8. The Morgan fingerprint density at radius 1 is 0.295 bits per heavy atom. The number of benzene rings is 11. The number of hydrogen-bond acceptors (Lipinski definition) is 4. The SMILES string of the molecule is Cc1ccc(N(c2ccc(C)cc2)c2ccc3c(c2)c2cc(N(c4ccccc4)c4ccccc4)ccc2n3-c2ccc(-c3ccc(-c4ccc(-c5cc(-c6ccccc6)nc(-c6ccccc6)n5)cc4)c(C)c3)cc2)cc1. The number of nitrogens with zero attached hydrogens (tertiary/aromatic N) is 5. The molecule has 13 aromatic rings. The molecule has 78 heavy (non-hydrogen) atoms. The summed E-state index contributed by atoms with van der Waals surface area (Å²) in [6, 6.07) is 100. The molecule has 5 nitrogen and oxygen atoms in total. The first-order valence-electron chi connectivity index (χ1n) is 26.6. The third kappa shape index (κ3) is 9.29. The summed E-state index contributed by atoms with van der Waals surface area (Å²) >= 11 is 0. The van der Waals surface area contributed by atoms with Gasteiger partial charge in [0.1, 0.15) is 0 Å². The highest BCUT2D eigenvalue weighted by atomic mass is 15.1. The molecule has 0 bridgehead atoms. The molecule has 2 heterocycles. The minimum absolute atomic E-state index is 0.711. The molecule has 11 aromatic carbocycles. The molecule has 0 spiro atoms. The maximum Gasteiger partial charge on any atom is 0.160 e. The van der Waals surface area contributed by atoms with Crippen LogP contribution in [0.25, 0.3) is 83.6 Å². The van der Waals surface area contributed by atoms with Crippen LogP contribution in [0, 0.1) is 20.8 Å². The van der Waals surface area contributed by atoms with Crippen molar-refractivity contribution in [3.05, 3.63) is 296 Å². The van der Waals surface area contributed by atoms with Crippen molar-refractivity contribution in [2.75, 3.05) is 9.80 Å². The van der Waals surface area contributed by atoms with E-state index in [1.54, 1.807) is 0 Å². The molecule has 0 fully saturated rings. The van der Waals surface area contributed by atoms with Crippen LogP contribution in [-0.2, 0) is 0 Å². The number of hydrogen-bond donors (Lipinski definition) is 0. The van der Waals surface area contributed by atoms with Gasteiger partial charge in [0.15, 0.2) is 5.82 Å². The van der Waals surface area contributed by atoms with E-state index in [-0.39, 0.29) is 0 Å². The second-order valence-electron chi connectivity index (χ2n) is 20.1. The van der Waals surface area contributed by atoms with Crippen LogP contribution in [0.1, 0.15) is 16.7 Å². The van der Waals surface area contributed by atoms with E-state index in [2.05, 4.69) is 278 Å². The molecule has 0 N–H and O–H groups in total. The topological polar surface area (TPSA) is 37.2 Å². The maximum atomic E-state index is 5.07. The summed E-state index contributed by atoms with van der Waals surface area (Å²) in [7, 11) is 0. The van der Waals surface area contributed by atoms with Crippen molar-refractivity contribution >= 4 is 55.9 Å². The summed E-state index contributed by atoms with van der Waals surface area (Å²) in [5.74, 6) is 0.711. The van der Waals surface area contributed by atoms with Gasteiger partial charge in [0.25, 0.3) is 0 Å². The van der Waals surface area contributed by atoms with Gasteiger partial charge in [-0.15, -0.1) is 0 Å². The third-order valence-electron chi connectivity index (χ3n) is 14.9. The molecule has 0 saturated heterocycles. The Kier molecular flexibility index (Phi) is 12.5. The molecule has 0 amide bonds. The summed E-state index contributed by atoms with van der Waals surface area (Å²) in [4.78, 5) is 14.8. The molecule has 0 saturated carbocycles. The smallest absolute Gasteiger partial charge is 0.160 e. The van der Waals surface area contributed by atoms with Crippen molar-refractivity contribution in [3.8, 4) is 61.8 Å². The van der Waals surface area contributed by atoms with Crippen LogP contribution in [0.15, 0.2) is 279 Å². The molecular weight excluding hydrogens is 947 g/mol. The standard InChI is InChI=1S/C73H55N5/c1-50-24-35-61(36-25-50)77(62-37-26-51(2)27-38-62)65-42-45-72-68(48-65)67-47-64(76(59-20-12-6-13-21-59)60-22-14-7-15-23-60)41-44-71(67)78(72)63-39-32-53(33-40-63)58-34-43-66(52(3)46-58)54-28-30-56(31-29-54)70-49-69(55-16-8-4-9-17-55)74-73(75-70)57-18-10-5-11-19-57/h4-49H,1-3H3. The number of aromatic nitrogens is 3. The van der Waals surface area contributed by atoms with Crippen LogP contribution in [0.4, 0.5) is 34.1 Å². The lowest BCUT2D eigenvalue weighted by Crippen LogP contribution is -2.10. The molecule has 2 aromatic heterocycles. The van der Waals surface area contributed by atoms with Gasteiger partial charge in [-0.3, -0.25) is 0 Å². The lowest BCUT2D eigenvalue weighted by atomic mass is 9.94. The van der Waals surface area contributed by atoms with E-state index < -0.39 is 0 Å². The van der Waals surface area contributed by atoms with E-state index in [9.17, 15) is 0 Å². The highest BCUT2D eigenvalue weighted by Crippen LogP contribution is 2.43. The van der Waals surface area contributed by atoms with Crippen LogP contribution >= 0.6 is 0 Å². The van der Waals surface area contributed by atoms with Gasteiger partial charge < -0.3 is 14.4 Å². The van der Waals surface area contributed by atoms with Crippen LogP contribution in [0.3, 0.4) is 0 Å². The maximum absolute atomic E-state index is 5.07. The molecule has 0 aliphatic rings. The quantitative estimate of drug-likeness (QED) is 0.122. The van der Waals surface area contributed by atoms with Crippen molar-refractivity contribution in [1.82, 2.24) is 14.5 Å². The average Bonchev–Trinajstić information content (AvgIpc) is 3.87. The van der Waals surface area contributed by atoms with Gasteiger partial charge in [0.2, 0.25) is 0 Å². The highest BCUT2D eigenvalue weighted by molar-refractivity contribution is 6.12. The molecule has 5 heteroatoms. The summed E-state index contributed by atoms with van der Waals surface area (Å²) in [6.45, 7) is 6.49. The molecule has 0 aliphatic carbocycles. The number of anilines is 6. The molecule has 0 atom stereocenters. The summed E-state index contributed by atoms with van der Waals surface area (Å²) in [5, 5.41) is 2.34. The lowest BCUT2D eigenvalue weighted by molar-refractivity contribution is 1.18. The Morgan fingerprint density at radius 3 is 1.18 bits per heavy atom. The second-order valence-corrected chi connectivity index (χ2v) is 20.1. The molecule has 0 aliphatic heterocycles. The van der Waals surface area contributed by atoms with Gasteiger partial charge in [0.05, 0.1) is 22.4 Å². The van der Waals surface area contributed by atoms with Gasteiger partial charge in [-0.25, -0.2) is 9.97 Å². The summed E-state index contributed by atoms with van der Waals surface area (Å²) in [6.07, 6.45) is 0. The summed E-state index contributed by atoms with van der Waals surface area (Å²) < 4.78 is 2.42. The van der Waals surface area contributed by atoms with E-state index in [4.69, 9.17) is 9.97 Å². The Hall–Kier alpha value is -10.1. The van der Waals surface area contributed by atoms with Crippen molar-refractivity contribution in [3.63, 3.8) is 0 Å². The monoisotopic (exact) mass is 1000 g/mol. The van der Waals surface area contributed by atoms with Gasteiger partial charge in [-0.1, -0.05) is 187 Å². The van der Waals surface area contributed by atoms with Crippen LogP contribution in [-0.4, -0.2) is 14.5 Å². The molecule has 372 valence electrons. The number of fused-ring (bicyclic) bond motifs is 3. The fraction of sp³-hybridized carbons (Fsp3) is 0.0411. The Balaban J connectivity index is 0.861. The predicted octanol–water partition coefficient (Wildman–Crippen LogP) is 19.8. The van der Waals surface area contributed by atoms with Crippen LogP contribution in [0.5, 0.6) is 0 Å². The van der Waals surface area contributed by atoms with Crippen molar-refractivity contribution in [2.45, 2.75) is 20.8 Å². The first-order valence-corrected chi connectivity index (χ1v) is 26.6. The Bertz CT molecular complexity index is 4090. The first-order chi connectivity index (χ1) is 38.4. The first kappa shape index (κ1) is 47.6. The average molecular weight is 1000 g/mol. The van der Waals surface area contributed by atoms with Gasteiger partial charge >= 0.3 is 0 Å². The second kappa shape index (κ2) is 20.6.